The average molecular weight is 379 g/mol. The molecule has 0 radical (unpaired) electrons. The van der Waals surface area contributed by atoms with Gasteiger partial charge in [-0.25, -0.2) is 14.4 Å². The number of nitrogens with zero attached hydrogens (tertiary/aromatic N) is 4. The van der Waals surface area contributed by atoms with E-state index in [1.54, 1.807) is 18.5 Å². The van der Waals surface area contributed by atoms with Crippen LogP contribution in [-0.2, 0) is 9.47 Å². The second-order valence-electron chi connectivity index (χ2n) is 6.31. The van der Waals surface area contributed by atoms with Crippen molar-refractivity contribution in [3.63, 3.8) is 0 Å². The van der Waals surface area contributed by atoms with Crippen LogP contribution in [0.1, 0.15) is 11.7 Å². The van der Waals surface area contributed by atoms with Gasteiger partial charge in [-0.2, -0.15) is 0 Å². The van der Waals surface area contributed by atoms with Gasteiger partial charge in [0, 0.05) is 32.2 Å². The fourth-order valence-corrected chi connectivity index (χ4v) is 3.44. The van der Waals surface area contributed by atoms with Crippen molar-refractivity contribution in [2.24, 2.45) is 0 Å². The molecule has 1 aromatic heterocycles. The minimum Gasteiger partial charge on any atom is -0.378 e. The number of ether oxygens (including phenoxy) is 2. The molecular formula is C18H20ClFN4O2. The molecule has 1 atom stereocenters. The third-order valence-electron chi connectivity index (χ3n) is 4.68. The zero-order valence-electron chi connectivity index (χ0n) is 14.3. The van der Waals surface area contributed by atoms with Crippen LogP contribution in [0.4, 0.5) is 16.0 Å². The van der Waals surface area contributed by atoms with E-state index in [0.29, 0.717) is 26.4 Å². The van der Waals surface area contributed by atoms with E-state index in [2.05, 4.69) is 19.8 Å². The third kappa shape index (κ3) is 3.75. The Kier molecular flexibility index (Phi) is 5.19. The molecular weight excluding hydrogens is 359 g/mol. The summed E-state index contributed by atoms with van der Waals surface area (Å²) in [6.45, 7) is 5.02. The first-order valence-corrected chi connectivity index (χ1v) is 9.05. The van der Waals surface area contributed by atoms with Crippen LogP contribution in [0, 0.1) is 5.82 Å². The molecule has 0 N–H and O–H groups in total. The second kappa shape index (κ2) is 7.73. The minimum atomic E-state index is -0.422. The van der Waals surface area contributed by atoms with E-state index in [0.717, 1.165) is 36.8 Å². The van der Waals surface area contributed by atoms with Gasteiger partial charge in [-0.1, -0.05) is 17.7 Å². The molecule has 2 aliphatic heterocycles. The molecule has 0 bridgehead atoms. The highest BCUT2D eigenvalue weighted by Crippen LogP contribution is 2.28. The number of aromatic nitrogens is 2. The summed E-state index contributed by atoms with van der Waals surface area (Å²) in [6.07, 6.45) is 1.42. The van der Waals surface area contributed by atoms with Gasteiger partial charge in [0.1, 0.15) is 29.9 Å². The number of halogens is 2. The number of rotatable bonds is 3. The van der Waals surface area contributed by atoms with Crippen LogP contribution in [-0.4, -0.2) is 56.0 Å². The Morgan fingerprint density at radius 3 is 2.50 bits per heavy atom. The van der Waals surface area contributed by atoms with Crippen LogP contribution in [0.2, 0.25) is 5.02 Å². The maximum absolute atomic E-state index is 13.4. The lowest BCUT2D eigenvalue weighted by molar-refractivity contribution is 0.0395. The molecule has 0 aliphatic carbocycles. The van der Waals surface area contributed by atoms with Crippen molar-refractivity contribution < 1.29 is 13.9 Å². The fourth-order valence-electron chi connectivity index (χ4n) is 3.25. The van der Waals surface area contributed by atoms with E-state index in [4.69, 9.17) is 21.1 Å². The Labute approximate surface area is 156 Å². The van der Waals surface area contributed by atoms with Crippen LogP contribution in [0.3, 0.4) is 0 Å². The van der Waals surface area contributed by atoms with Gasteiger partial charge in [0.25, 0.3) is 0 Å². The molecule has 0 amide bonds. The van der Waals surface area contributed by atoms with Crippen LogP contribution >= 0.6 is 11.6 Å². The molecule has 3 heterocycles. The van der Waals surface area contributed by atoms with Crippen molar-refractivity contribution >= 4 is 23.2 Å². The largest absolute Gasteiger partial charge is 0.378 e. The standard InChI is InChI=1S/C18H20ClFN4O2/c19-14-9-13(1-2-15(14)20)16-11-24(5-8-26-16)18-10-17(21-12-22-18)23-3-6-25-7-4-23/h1-2,9-10,12,16H,3-8,11H2. The highest BCUT2D eigenvalue weighted by Gasteiger charge is 2.24. The number of morpholine rings is 2. The summed E-state index contributed by atoms with van der Waals surface area (Å²) in [5.74, 6) is 1.35. The van der Waals surface area contributed by atoms with Crippen molar-refractivity contribution in [3.8, 4) is 0 Å². The van der Waals surface area contributed by atoms with Crippen molar-refractivity contribution in [1.29, 1.82) is 0 Å². The lowest BCUT2D eigenvalue weighted by atomic mass is 10.1. The van der Waals surface area contributed by atoms with Crippen molar-refractivity contribution in [2.75, 3.05) is 55.8 Å². The molecule has 6 nitrogen and oxygen atoms in total. The zero-order valence-corrected chi connectivity index (χ0v) is 15.0. The van der Waals surface area contributed by atoms with Gasteiger partial charge in [0.15, 0.2) is 0 Å². The number of hydrogen-bond donors (Lipinski definition) is 0. The molecule has 2 aromatic rings. The molecule has 1 aromatic carbocycles. The van der Waals surface area contributed by atoms with E-state index in [1.165, 1.54) is 6.07 Å². The average Bonchev–Trinajstić information content (AvgIpc) is 2.71. The Hall–Kier alpha value is -1.96. The first kappa shape index (κ1) is 17.5. The van der Waals surface area contributed by atoms with Crippen LogP contribution in [0.5, 0.6) is 0 Å². The smallest absolute Gasteiger partial charge is 0.141 e. The van der Waals surface area contributed by atoms with Gasteiger partial charge in [0.05, 0.1) is 24.8 Å². The van der Waals surface area contributed by atoms with E-state index in [9.17, 15) is 4.39 Å². The normalized spacial score (nSPS) is 21.1. The monoisotopic (exact) mass is 378 g/mol. The van der Waals surface area contributed by atoms with Gasteiger partial charge in [-0.05, 0) is 17.7 Å². The summed E-state index contributed by atoms with van der Waals surface area (Å²) in [7, 11) is 0. The summed E-state index contributed by atoms with van der Waals surface area (Å²) in [4.78, 5) is 13.2. The first-order chi connectivity index (χ1) is 12.7. The second-order valence-corrected chi connectivity index (χ2v) is 6.72. The number of anilines is 2. The molecule has 2 aliphatic rings. The molecule has 1 unspecified atom stereocenters. The molecule has 8 heteroatoms. The fraction of sp³-hybridized carbons (Fsp3) is 0.444. The summed E-state index contributed by atoms with van der Waals surface area (Å²) in [6, 6.07) is 6.73. The maximum Gasteiger partial charge on any atom is 0.141 e. The summed E-state index contributed by atoms with van der Waals surface area (Å²) >= 11 is 5.91. The Balaban J connectivity index is 1.51. The van der Waals surface area contributed by atoms with Crippen molar-refractivity contribution in [1.82, 2.24) is 9.97 Å². The van der Waals surface area contributed by atoms with Gasteiger partial charge in [-0.15, -0.1) is 0 Å². The zero-order chi connectivity index (χ0) is 17.9. The highest BCUT2D eigenvalue weighted by molar-refractivity contribution is 6.30. The maximum atomic E-state index is 13.4. The van der Waals surface area contributed by atoms with Gasteiger partial charge in [0.2, 0.25) is 0 Å². The van der Waals surface area contributed by atoms with Crippen molar-refractivity contribution in [2.45, 2.75) is 6.10 Å². The summed E-state index contributed by atoms with van der Waals surface area (Å²) < 4.78 is 24.7. The first-order valence-electron chi connectivity index (χ1n) is 8.67. The highest BCUT2D eigenvalue weighted by atomic mass is 35.5. The van der Waals surface area contributed by atoms with E-state index in [1.807, 2.05) is 6.07 Å². The Morgan fingerprint density at radius 2 is 1.73 bits per heavy atom. The third-order valence-corrected chi connectivity index (χ3v) is 4.97. The van der Waals surface area contributed by atoms with E-state index in [-0.39, 0.29) is 11.1 Å². The van der Waals surface area contributed by atoms with Crippen LogP contribution in [0.15, 0.2) is 30.6 Å². The predicted molar refractivity (Wildman–Crippen MR) is 97.4 cm³/mol. The Bertz CT molecular complexity index is 773. The van der Waals surface area contributed by atoms with Crippen LogP contribution in [0.25, 0.3) is 0 Å². The lowest BCUT2D eigenvalue weighted by Crippen LogP contribution is -2.39. The lowest BCUT2D eigenvalue weighted by Gasteiger charge is -2.34. The summed E-state index contributed by atoms with van der Waals surface area (Å²) in [5.41, 5.74) is 0.864. The molecule has 2 saturated heterocycles. The molecule has 138 valence electrons. The molecule has 4 rings (SSSR count). The van der Waals surface area contributed by atoms with E-state index < -0.39 is 5.82 Å². The van der Waals surface area contributed by atoms with E-state index >= 15 is 0 Å². The number of benzene rings is 1. The summed E-state index contributed by atoms with van der Waals surface area (Å²) in [5, 5.41) is 0.111. The number of hydrogen-bond acceptors (Lipinski definition) is 6. The minimum absolute atomic E-state index is 0.111. The van der Waals surface area contributed by atoms with Gasteiger partial charge in [-0.3, -0.25) is 0 Å². The quantitative estimate of drug-likeness (QED) is 0.818. The van der Waals surface area contributed by atoms with Gasteiger partial charge >= 0.3 is 0 Å². The molecule has 26 heavy (non-hydrogen) atoms. The topological polar surface area (TPSA) is 50.7 Å². The molecule has 2 fully saturated rings. The SMILES string of the molecule is Fc1ccc(C2CN(c3cc(N4CCOCC4)ncn3)CCO2)cc1Cl. The Morgan fingerprint density at radius 1 is 1.00 bits per heavy atom. The van der Waals surface area contributed by atoms with Crippen LogP contribution < -0.4 is 9.80 Å². The van der Waals surface area contributed by atoms with Gasteiger partial charge < -0.3 is 19.3 Å². The predicted octanol–water partition coefficient (Wildman–Crippen LogP) is 2.68. The molecule has 0 saturated carbocycles. The molecule has 0 spiro atoms. The van der Waals surface area contributed by atoms with Crippen molar-refractivity contribution in [3.05, 3.63) is 47.0 Å².